The molecule has 29 heavy (non-hydrogen) atoms. The number of fused-ring (bicyclic) bond motifs is 1. The van der Waals surface area contributed by atoms with Gasteiger partial charge in [-0.1, -0.05) is 30.4 Å². The molecule has 3 aromatic rings. The van der Waals surface area contributed by atoms with Crippen LogP contribution in [0.1, 0.15) is 12.5 Å². The maximum absolute atomic E-state index is 12.6. The zero-order chi connectivity index (χ0) is 20.8. The average molecular weight is 447 g/mol. The summed E-state index contributed by atoms with van der Waals surface area (Å²) in [5, 5.41) is 0. The smallest absolute Gasteiger partial charge is 0.325 e. The van der Waals surface area contributed by atoms with E-state index in [4.69, 9.17) is 4.74 Å². The molecule has 3 rings (SSSR count). The Hall–Kier alpha value is -2.03. The van der Waals surface area contributed by atoms with Gasteiger partial charge in [0.05, 0.1) is 23.7 Å². The molecule has 0 spiro atoms. The highest BCUT2D eigenvalue weighted by Crippen LogP contribution is 2.24. The number of carbonyl (C=O) groups is 2. The Balaban J connectivity index is 1.93. The van der Waals surface area contributed by atoms with Crippen LogP contribution in [0.25, 0.3) is 10.2 Å². The van der Waals surface area contributed by atoms with Gasteiger partial charge < -0.3 is 9.30 Å². The van der Waals surface area contributed by atoms with E-state index in [0.29, 0.717) is 4.80 Å². The van der Waals surface area contributed by atoms with Crippen LogP contribution in [0.2, 0.25) is 0 Å². The monoisotopic (exact) mass is 446 g/mol. The van der Waals surface area contributed by atoms with Crippen LogP contribution in [0.3, 0.4) is 0 Å². The number of aromatic nitrogens is 1. The number of methoxy groups -OCH3 is 1. The van der Waals surface area contributed by atoms with E-state index < -0.39 is 0 Å². The number of carbonyl (C=O) groups excluding carboxylic acids is 2. The van der Waals surface area contributed by atoms with E-state index in [-0.39, 0.29) is 24.8 Å². The third-order valence-corrected chi connectivity index (χ3v) is 6.88. The molecule has 0 fully saturated rings. The number of nitrogens with zero attached hydrogens (tertiary/aromatic N) is 2. The number of ether oxygens (including phenoxy) is 1. The lowest BCUT2D eigenvalue weighted by atomic mass is 10.1. The van der Waals surface area contributed by atoms with E-state index in [0.717, 1.165) is 26.4 Å². The lowest BCUT2D eigenvalue weighted by Gasteiger charge is -2.04. The van der Waals surface area contributed by atoms with Gasteiger partial charge in [0.25, 0.3) is 5.91 Å². The van der Waals surface area contributed by atoms with Gasteiger partial charge in [0.15, 0.2) is 4.80 Å². The van der Waals surface area contributed by atoms with E-state index >= 15 is 0 Å². The highest BCUT2D eigenvalue weighted by molar-refractivity contribution is 7.99. The van der Waals surface area contributed by atoms with Crippen molar-refractivity contribution in [3.8, 4) is 0 Å². The van der Waals surface area contributed by atoms with Crippen molar-refractivity contribution in [3.63, 3.8) is 0 Å². The highest BCUT2D eigenvalue weighted by Gasteiger charge is 2.12. The number of hydrogen-bond acceptors (Lipinski definition) is 6. The predicted octanol–water partition coefficient (Wildman–Crippen LogP) is 4.38. The highest BCUT2D eigenvalue weighted by atomic mass is 32.2. The number of rotatable bonds is 7. The summed E-state index contributed by atoms with van der Waals surface area (Å²) in [4.78, 5) is 31.6. The van der Waals surface area contributed by atoms with Crippen molar-refractivity contribution in [2.45, 2.75) is 29.7 Å². The minimum Gasteiger partial charge on any atom is -0.468 e. The molecule has 1 heterocycles. The second-order valence-corrected chi connectivity index (χ2v) is 9.37. The molecule has 2 aromatic carbocycles. The SMILES string of the molecule is CCSc1ccc(CC(=O)N=c2sc3cc(SC)ccc3n2CC(=O)OC)cc1. The van der Waals surface area contributed by atoms with Crippen LogP contribution in [0.15, 0.2) is 57.2 Å². The van der Waals surface area contributed by atoms with Crippen LogP contribution in [-0.2, 0) is 27.3 Å². The van der Waals surface area contributed by atoms with Crippen molar-refractivity contribution < 1.29 is 14.3 Å². The van der Waals surface area contributed by atoms with Crippen LogP contribution in [0.5, 0.6) is 0 Å². The fourth-order valence-corrected chi connectivity index (χ4v) is 5.07. The molecule has 0 unspecified atom stereocenters. The van der Waals surface area contributed by atoms with Crippen LogP contribution in [0, 0.1) is 0 Å². The Bertz CT molecular complexity index is 1080. The number of amides is 1. The van der Waals surface area contributed by atoms with E-state index in [2.05, 4.69) is 11.9 Å². The number of thioether (sulfide) groups is 2. The Morgan fingerprint density at radius 2 is 1.86 bits per heavy atom. The summed E-state index contributed by atoms with van der Waals surface area (Å²) >= 11 is 4.81. The molecule has 0 aliphatic rings. The van der Waals surface area contributed by atoms with Crippen molar-refractivity contribution >= 4 is 57.0 Å². The Kier molecular flexibility index (Phi) is 7.57. The minimum atomic E-state index is -0.378. The molecular formula is C21H22N2O3S3. The topological polar surface area (TPSA) is 60.7 Å². The standard InChI is InChI=1S/C21H22N2O3S3/c1-4-28-15-7-5-14(6-8-15)11-19(24)22-21-23(13-20(25)26-2)17-10-9-16(27-3)12-18(17)29-21/h5-10,12H,4,11,13H2,1-3H3. The van der Waals surface area contributed by atoms with Gasteiger partial charge in [0.1, 0.15) is 6.54 Å². The van der Waals surface area contributed by atoms with Crippen molar-refractivity contribution in [2.75, 3.05) is 19.1 Å². The number of hydrogen-bond donors (Lipinski definition) is 0. The van der Waals surface area contributed by atoms with Crippen molar-refractivity contribution in [1.82, 2.24) is 4.57 Å². The molecule has 0 aliphatic carbocycles. The second kappa shape index (κ2) is 10.1. The third-order valence-electron chi connectivity index (χ3n) is 4.21. The first kappa shape index (κ1) is 21.7. The summed E-state index contributed by atoms with van der Waals surface area (Å²) in [6.07, 6.45) is 2.23. The molecule has 152 valence electrons. The summed E-state index contributed by atoms with van der Waals surface area (Å²) < 4.78 is 7.54. The van der Waals surface area contributed by atoms with Crippen LogP contribution < -0.4 is 4.80 Å². The quantitative estimate of drug-likeness (QED) is 0.398. The van der Waals surface area contributed by atoms with E-state index in [1.165, 1.54) is 23.3 Å². The van der Waals surface area contributed by atoms with Gasteiger partial charge in [0.2, 0.25) is 0 Å². The van der Waals surface area contributed by atoms with Gasteiger partial charge in [-0.05, 0) is 47.9 Å². The van der Waals surface area contributed by atoms with Gasteiger partial charge in [-0.3, -0.25) is 9.59 Å². The van der Waals surface area contributed by atoms with Gasteiger partial charge >= 0.3 is 5.97 Å². The first-order chi connectivity index (χ1) is 14.0. The van der Waals surface area contributed by atoms with Gasteiger partial charge in [-0.25, -0.2) is 0 Å². The summed E-state index contributed by atoms with van der Waals surface area (Å²) in [6, 6.07) is 14.0. The fourth-order valence-electron chi connectivity index (χ4n) is 2.80. The van der Waals surface area contributed by atoms with Gasteiger partial charge in [0, 0.05) is 9.79 Å². The van der Waals surface area contributed by atoms with Crippen molar-refractivity contribution in [1.29, 1.82) is 0 Å². The lowest BCUT2D eigenvalue weighted by Crippen LogP contribution is -2.22. The zero-order valence-corrected chi connectivity index (χ0v) is 19.0. The first-order valence-electron chi connectivity index (χ1n) is 9.07. The largest absolute Gasteiger partial charge is 0.468 e. The van der Waals surface area contributed by atoms with E-state index in [1.54, 1.807) is 28.1 Å². The summed E-state index contributed by atoms with van der Waals surface area (Å²) in [6.45, 7) is 2.13. The average Bonchev–Trinajstić information content (AvgIpc) is 3.05. The van der Waals surface area contributed by atoms with Crippen LogP contribution >= 0.6 is 34.9 Å². The minimum absolute atomic E-state index is 0.0180. The summed E-state index contributed by atoms with van der Waals surface area (Å²) in [7, 11) is 1.35. The molecule has 0 bridgehead atoms. The predicted molar refractivity (Wildman–Crippen MR) is 121 cm³/mol. The molecule has 0 saturated carbocycles. The summed E-state index contributed by atoms with van der Waals surface area (Å²) in [5.41, 5.74) is 1.79. The summed E-state index contributed by atoms with van der Waals surface area (Å²) in [5.74, 6) is 0.394. The lowest BCUT2D eigenvalue weighted by molar-refractivity contribution is -0.141. The molecule has 0 radical (unpaired) electrons. The van der Waals surface area contributed by atoms with E-state index in [9.17, 15) is 9.59 Å². The molecule has 0 saturated heterocycles. The zero-order valence-electron chi connectivity index (χ0n) is 16.5. The number of benzene rings is 2. The Morgan fingerprint density at radius 3 is 2.52 bits per heavy atom. The van der Waals surface area contributed by atoms with Crippen molar-refractivity contribution in [2.24, 2.45) is 4.99 Å². The van der Waals surface area contributed by atoms with Gasteiger partial charge in [-0.2, -0.15) is 4.99 Å². The Labute approximate surface area is 182 Å². The molecule has 0 atom stereocenters. The number of thiazole rings is 1. The molecular weight excluding hydrogens is 424 g/mol. The molecule has 1 aromatic heterocycles. The normalized spacial score (nSPS) is 11.8. The molecule has 1 amide bonds. The van der Waals surface area contributed by atoms with Crippen molar-refractivity contribution in [3.05, 3.63) is 52.8 Å². The second-order valence-electron chi connectivity index (χ2n) is 6.14. The molecule has 8 heteroatoms. The molecule has 0 N–H and O–H groups in total. The maximum Gasteiger partial charge on any atom is 0.325 e. The van der Waals surface area contributed by atoms with Crippen LogP contribution in [-0.4, -0.2) is 35.6 Å². The van der Waals surface area contributed by atoms with Gasteiger partial charge in [-0.15, -0.1) is 23.5 Å². The molecule has 5 nitrogen and oxygen atoms in total. The van der Waals surface area contributed by atoms with Crippen LogP contribution in [0.4, 0.5) is 0 Å². The third kappa shape index (κ3) is 5.52. The fraction of sp³-hybridized carbons (Fsp3) is 0.286. The Morgan fingerprint density at radius 1 is 1.14 bits per heavy atom. The maximum atomic E-state index is 12.6. The number of esters is 1. The molecule has 0 aliphatic heterocycles. The first-order valence-corrected chi connectivity index (χ1v) is 12.1. The van der Waals surface area contributed by atoms with E-state index in [1.807, 2.05) is 48.7 Å².